The number of aromatic nitrogens is 1. The molecule has 0 radical (unpaired) electrons. The van der Waals surface area contributed by atoms with Crippen LogP contribution in [0.25, 0.3) is 21.7 Å². The average Bonchev–Trinajstić information content (AvgIpc) is 3.46. The summed E-state index contributed by atoms with van der Waals surface area (Å²) in [6, 6.07) is 19.4. The van der Waals surface area contributed by atoms with Crippen molar-refractivity contribution in [3.05, 3.63) is 70.4 Å². The minimum absolute atomic E-state index is 0.0262. The predicted octanol–water partition coefficient (Wildman–Crippen LogP) is 6.23. The summed E-state index contributed by atoms with van der Waals surface area (Å²) in [6.45, 7) is 0.233. The van der Waals surface area contributed by atoms with Crippen LogP contribution < -0.4 is 10.1 Å². The van der Waals surface area contributed by atoms with Crippen LogP contribution in [0.2, 0.25) is 0 Å². The maximum Gasteiger partial charge on any atom is 0.348 e. The molecule has 6 nitrogen and oxygen atoms in total. The first kappa shape index (κ1) is 21.6. The Morgan fingerprint density at radius 1 is 1.06 bits per heavy atom. The van der Waals surface area contributed by atoms with E-state index in [1.54, 1.807) is 11.3 Å². The van der Waals surface area contributed by atoms with Crippen LogP contribution in [0, 0.1) is 0 Å². The highest BCUT2D eigenvalue weighted by molar-refractivity contribution is 7.18. The Kier molecular flexibility index (Phi) is 6.13. The van der Waals surface area contributed by atoms with Gasteiger partial charge in [-0.25, -0.2) is 9.78 Å². The first-order valence-electron chi connectivity index (χ1n) is 10.7. The number of hydrogen-bond donors (Lipinski definition) is 3. The second kappa shape index (κ2) is 9.35. The molecule has 1 fully saturated rings. The number of hydrogen-bond acceptors (Lipinski definition) is 7. The monoisotopic (exact) mass is 478 g/mol. The number of anilines is 2. The van der Waals surface area contributed by atoms with E-state index in [0.29, 0.717) is 22.5 Å². The molecule has 1 aliphatic carbocycles. The molecule has 1 saturated carbocycles. The van der Waals surface area contributed by atoms with E-state index in [-0.39, 0.29) is 18.1 Å². The van der Waals surface area contributed by atoms with Gasteiger partial charge in [0.25, 0.3) is 0 Å². The van der Waals surface area contributed by atoms with Crippen LogP contribution in [0.5, 0.6) is 5.75 Å². The normalized spacial score (nSPS) is 13.1. The van der Waals surface area contributed by atoms with Gasteiger partial charge in [-0.1, -0.05) is 30.3 Å². The van der Waals surface area contributed by atoms with Crippen molar-refractivity contribution in [3.63, 3.8) is 0 Å². The third kappa shape index (κ3) is 4.78. The second-order valence-electron chi connectivity index (χ2n) is 7.75. The minimum Gasteiger partial charge on any atom is -0.491 e. The molecule has 0 atom stereocenters. The van der Waals surface area contributed by atoms with Gasteiger partial charge in [-0.05, 0) is 54.7 Å². The smallest absolute Gasteiger partial charge is 0.348 e. The molecule has 4 aromatic rings. The van der Waals surface area contributed by atoms with Crippen LogP contribution in [0.15, 0.2) is 60.7 Å². The van der Waals surface area contributed by atoms with Gasteiger partial charge in [-0.2, -0.15) is 0 Å². The molecule has 33 heavy (non-hydrogen) atoms. The maximum absolute atomic E-state index is 11.9. The van der Waals surface area contributed by atoms with Gasteiger partial charge >= 0.3 is 5.97 Å². The van der Waals surface area contributed by atoms with Crippen molar-refractivity contribution in [2.75, 3.05) is 18.5 Å². The molecular weight excluding hydrogens is 456 g/mol. The number of aliphatic hydroxyl groups is 1. The average molecular weight is 479 g/mol. The SMILES string of the molecule is O=C(O)c1sc(-c2ccccc2)cc1Nc1nc(-c2ccc(OCCO)cc2)c(C2CC2)s1. The summed E-state index contributed by atoms with van der Waals surface area (Å²) in [4.78, 5) is 19.1. The maximum atomic E-state index is 11.9. The Labute approximate surface area is 199 Å². The Bertz CT molecular complexity index is 1260. The van der Waals surface area contributed by atoms with E-state index in [4.69, 9.17) is 14.8 Å². The van der Waals surface area contributed by atoms with Crippen LogP contribution in [-0.2, 0) is 0 Å². The standard InChI is InChI=1S/C25H22N2O4S2/c28-12-13-31-18-10-8-16(9-11-18)21-22(17-6-7-17)33-25(27-21)26-19-14-20(32-23(19)24(29)30)15-4-2-1-3-5-15/h1-5,8-11,14,17,28H,6-7,12-13H2,(H,26,27)(H,29,30). The molecule has 2 aromatic heterocycles. The lowest BCUT2D eigenvalue weighted by molar-refractivity contribution is 0.0703. The summed E-state index contributed by atoms with van der Waals surface area (Å²) in [5.74, 6) is 0.245. The van der Waals surface area contributed by atoms with E-state index in [0.717, 1.165) is 34.5 Å². The Morgan fingerprint density at radius 2 is 1.82 bits per heavy atom. The van der Waals surface area contributed by atoms with Gasteiger partial charge in [0.05, 0.1) is 18.0 Å². The number of aromatic carboxylic acids is 1. The topological polar surface area (TPSA) is 91.7 Å². The number of nitrogens with zero attached hydrogens (tertiary/aromatic N) is 1. The van der Waals surface area contributed by atoms with Gasteiger partial charge in [-0.3, -0.25) is 0 Å². The minimum atomic E-state index is -0.956. The molecule has 168 valence electrons. The zero-order valence-corrected chi connectivity index (χ0v) is 19.3. The van der Waals surface area contributed by atoms with Crippen molar-refractivity contribution in [1.29, 1.82) is 0 Å². The summed E-state index contributed by atoms with van der Waals surface area (Å²) in [5.41, 5.74) is 3.46. The fraction of sp³-hybridized carbons (Fsp3) is 0.200. The summed E-state index contributed by atoms with van der Waals surface area (Å²) < 4.78 is 5.46. The molecule has 5 rings (SSSR count). The number of benzene rings is 2. The molecule has 2 heterocycles. The summed E-state index contributed by atoms with van der Waals surface area (Å²) in [6.07, 6.45) is 2.28. The zero-order valence-electron chi connectivity index (χ0n) is 17.7. The van der Waals surface area contributed by atoms with E-state index in [1.165, 1.54) is 16.2 Å². The Morgan fingerprint density at radius 3 is 2.48 bits per heavy atom. The number of rotatable bonds is 9. The fourth-order valence-electron chi connectivity index (χ4n) is 3.59. The number of thiophene rings is 1. The van der Waals surface area contributed by atoms with Gasteiger partial charge in [0.2, 0.25) is 0 Å². The number of carboxylic acid groups (broad SMARTS) is 1. The van der Waals surface area contributed by atoms with Crippen molar-refractivity contribution in [1.82, 2.24) is 4.98 Å². The van der Waals surface area contributed by atoms with Gasteiger partial charge in [0, 0.05) is 15.3 Å². The number of carboxylic acids is 1. The Hall–Kier alpha value is -3.20. The number of aliphatic hydroxyl groups excluding tert-OH is 1. The van der Waals surface area contributed by atoms with Crippen molar-refractivity contribution in [2.45, 2.75) is 18.8 Å². The number of ether oxygens (including phenoxy) is 1. The molecule has 0 amide bonds. The Balaban J connectivity index is 1.45. The molecule has 0 saturated heterocycles. The summed E-state index contributed by atoms with van der Waals surface area (Å²) in [5, 5.41) is 22.7. The first-order chi connectivity index (χ1) is 16.1. The van der Waals surface area contributed by atoms with Gasteiger partial charge in [-0.15, -0.1) is 22.7 Å². The zero-order chi connectivity index (χ0) is 22.8. The second-order valence-corrected chi connectivity index (χ2v) is 9.84. The summed E-state index contributed by atoms with van der Waals surface area (Å²) >= 11 is 2.85. The van der Waals surface area contributed by atoms with Crippen LogP contribution in [0.3, 0.4) is 0 Å². The van der Waals surface area contributed by atoms with Gasteiger partial charge < -0.3 is 20.3 Å². The molecule has 3 N–H and O–H groups in total. The largest absolute Gasteiger partial charge is 0.491 e. The first-order valence-corrected chi connectivity index (χ1v) is 12.3. The van der Waals surface area contributed by atoms with Crippen LogP contribution >= 0.6 is 22.7 Å². The van der Waals surface area contributed by atoms with Crippen LogP contribution in [-0.4, -0.2) is 34.4 Å². The third-order valence-electron chi connectivity index (χ3n) is 5.32. The highest BCUT2D eigenvalue weighted by Gasteiger charge is 2.30. The molecular formula is C25H22N2O4S2. The molecule has 8 heteroatoms. The fourth-order valence-corrected chi connectivity index (χ4v) is 5.72. The van der Waals surface area contributed by atoms with Crippen molar-refractivity contribution in [3.8, 4) is 27.4 Å². The van der Waals surface area contributed by atoms with Gasteiger partial charge in [0.1, 0.15) is 17.2 Å². The van der Waals surface area contributed by atoms with E-state index >= 15 is 0 Å². The molecule has 1 aliphatic rings. The van der Waals surface area contributed by atoms with E-state index in [2.05, 4.69) is 5.32 Å². The van der Waals surface area contributed by atoms with Crippen molar-refractivity contribution < 1.29 is 19.7 Å². The number of nitrogens with one attached hydrogen (secondary N) is 1. The highest BCUT2D eigenvalue weighted by Crippen LogP contribution is 2.49. The predicted molar refractivity (Wildman–Crippen MR) is 132 cm³/mol. The van der Waals surface area contributed by atoms with Crippen molar-refractivity contribution >= 4 is 39.5 Å². The van der Waals surface area contributed by atoms with E-state index in [1.807, 2.05) is 60.7 Å². The van der Waals surface area contributed by atoms with Gasteiger partial charge in [0.15, 0.2) is 5.13 Å². The molecule has 0 bridgehead atoms. The van der Waals surface area contributed by atoms with Crippen molar-refractivity contribution in [2.24, 2.45) is 0 Å². The molecule has 0 unspecified atom stereocenters. The molecule has 0 spiro atoms. The quantitative estimate of drug-likeness (QED) is 0.264. The third-order valence-corrected chi connectivity index (χ3v) is 7.62. The summed E-state index contributed by atoms with van der Waals surface area (Å²) in [7, 11) is 0. The lowest BCUT2D eigenvalue weighted by Gasteiger charge is -2.05. The lowest BCUT2D eigenvalue weighted by atomic mass is 10.1. The number of thiazole rings is 1. The van der Waals surface area contributed by atoms with E-state index in [9.17, 15) is 9.90 Å². The highest BCUT2D eigenvalue weighted by atomic mass is 32.1. The number of carbonyl (C=O) groups is 1. The van der Waals surface area contributed by atoms with Crippen LogP contribution in [0.4, 0.5) is 10.8 Å². The molecule has 2 aromatic carbocycles. The van der Waals surface area contributed by atoms with Crippen LogP contribution in [0.1, 0.15) is 33.3 Å². The van der Waals surface area contributed by atoms with E-state index < -0.39 is 5.97 Å². The molecule has 0 aliphatic heterocycles. The lowest BCUT2D eigenvalue weighted by Crippen LogP contribution is -2.01.